The Kier molecular flexibility index (Phi) is 13.5. The van der Waals surface area contributed by atoms with Crippen LogP contribution in [0.3, 0.4) is 0 Å². The Morgan fingerprint density at radius 2 is 1.93 bits per heavy atom. The summed E-state index contributed by atoms with van der Waals surface area (Å²) in [6, 6.07) is 0.419. The molecule has 0 radical (unpaired) electrons. The molecule has 0 amide bonds. The third kappa shape index (κ3) is 9.54. The largest absolute Gasteiger partial charge is 0.355 e. The maximum absolute atomic E-state index is 4.81. The van der Waals surface area contributed by atoms with Gasteiger partial charge in [-0.15, -0.1) is 34.2 Å². The first kappa shape index (κ1) is 25.1. The van der Waals surface area contributed by atoms with E-state index >= 15 is 0 Å². The van der Waals surface area contributed by atoms with Crippen molar-refractivity contribution in [3.05, 3.63) is 12.2 Å². The SMILES string of the molecule is CCc1nncn1CCNC(=NCCCN1CCCCCC1)NC(C)CC.I. The van der Waals surface area contributed by atoms with Crippen molar-refractivity contribution in [1.82, 2.24) is 30.3 Å². The minimum absolute atomic E-state index is 0. The lowest BCUT2D eigenvalue weighted by Crippen LogP contribution is -2.43. The van der Waals surface area contributed by atoms with Crippen LogP contribution in [0.5, 0.6) is 0 Å². The maximum Gasteiger partial charge on any atom is 0.191 e. The Morgan fingerprint density at radius 1 is 1.18 bits per heavy atom. The second kappa shape index (κ2) is 15.0. The van der Waals surface area contributed by atoms with Crippen molar-refractivity contribution in [3.8, 4) is 0 Å². The molecule has 1 saturated heterocycles. The molecule has 1 fully saturated rings. The summed E-state index contributed by atoms with van der Waals surface area (Å²) in [5.41, 5.74) is 0. The van der Waals surface area contributed by atoms with Crippen LogP contribution in [-0.4, -0.2) is 64.4 Å². The van der Waals surface area contributed by atoms with E-state index in [9.17, 15) is 0 Å². The third-order valence-corrected chi connectivity index (χ3v) is 5.25. The number of nitrogens with zero attached hydrogens (tertiary/aromatic N) is 5. The normalized spacial score (nSPS) is 16.9. The van der Waals surface area contributed by atoms with Gasteiger partial charge >= 0.3 is 0 Å². The number of hydrogen-bond acceptors (Lipinski definition) is 4. The van der Waals surface area contributed by atoms with Gasteiger partial charge in [-0.25, -0.2) is 0 Å². The zero-order chi connectivity index (χ0) is 19.3. The molecule has 0 saturated carbocycles. The highest BCUT2D eigenvalue weighted by Gasteiger charge is 2.09. The van der Waals surface area contributed by atoms with Gasteiger partial charge in [0.25, 0.3) is 0 Å². The predicted octanol–water partition coefficient (Wildman–Crippen LogP) is 3.06. The van der Waals surface area contributed by atoms with Crippen molar-refractivity contribution in [1.29, 1.82) is 0 Å². The van der Waals surface area contributed by atoms with E-state index < -0.39 is 0 Å². The lowest BCUT2D eigenvalue weighted by Gasteiger charge is -2.20. The predicted molar refractivity (Wildman–Crippen MR) is 128 cm³/mol. The minimum Gasteiger partial charge on any atom is -0.355 e. The summed E-state index contributed by atoms with van der Waals surface area (Å²) >= 11 is 0. The molecule has 2 N–H and O–H groups in total. The molecule has 2 rings (SSSR count). The monoisotopic (exact) mass is 505 g/mol. The molecule has 0 bridgehead atoms. The van der Waals surface area contributed by atoms with Gasteiger partial charge in [-0.05, 0) is 52.2 Å². The number of hydrogen-bond donors (Lipinski definition) is 2. The van der Waals surface area contributed by atoms with Crippen molar-refractivity contribution in [3.63, 3.8) is 0 Å². The molecule has 1 aromatic rings. The molecular weight excluding hydrogens is 465 g/mol. The van der Waals surface area contributed by atoms with Gasteiger partial charge in [-0.2, -0.15) is 0 Å². The van der Waals surface area contributed by atoms with Gasteiger partial charge < -0.3 is 20.1 Å². The van der Waals surface area contributed by atoms with Gasteiger partial charge in [0.15, 0.2) is 5.96 Å². The van der Waals surface area contributed by atoms with E-state index in [4.69, 9.17) is 4.99 Å². The Balaban J connectivity index is 0.00000392. The fraction of sp³-hybridized carbons (Fsp3) is 0.850. The van der Waals surface area contributed by atoms with Gasteiger partial charge in [0.2, 0.25) is 0 Å². The molecule has 1 aromatic heterocycles. The highest BCUT2D eigenvalue weighted by Crippen LogP contribution is 2.09. The van der Waals surface area contributed by atoms with E-state index in [1.165, 1.54) is 45.3 Å². The molecular formula is C20H40IN7. The molecule has 0 aliphatic carbocycles. The quantitative estimate of drug-likeness (QED) is 0.222. The molecule has 2 heterocycles. The average molecular weight is 505 g/mol. The van der Waals surface area contributed by atoms with Crippen molar-refractivity contribution in [2.45, 2.75) is 78.3 Å². The van der Waals surface area contributed by atoms with Crippen LogP contribution in [0.25, 0.3) is 0 Å². The maximum atomic E-state index is 4.81. The third-order valence-electron chi connectivity index (χ3n) is 5.25. The zero-order valence-corrected chi connectivity index (χ0v) is 20.3. The highest BCUT2D eigenvalue weighted by molar-refractivity contribution is 14.0. The van der Waals surface area contributed by atoms with Gasteiger partial charge in [0.1, 0.15) is 12.2 Å². The molecule has 1 aliphatic rings. The van der Waals surface area contributed by atoms with E-state index in [1.807, 2.05) is 0 Å². The topological polar surface area (TPSA) is 70.4 Å². The van der Waals surface area contributed by atoms with Crippen LogP contribution in [0.1, 0.15) is 65.1 Å². The molecule has 1 unspecified atom stereocenters. The van der Waals surface area contributed by atoms with Crippen LogP contribution in [0.2, 0.25) is 0 Å². The second-order valence-corrected chi connectivity index (χ2v) is 7.51. The lowest BCUT2D eigenvalue weighted by atomic mass is 10.2. The van der Waals surface area contributed by atoms with E-state index in [-0.39, 0.29) is 24.0 Å². The van der Waals surface area contributed by atoms with Crippen molar-refractivity contribution >= 4 is 29.9 Å². The molecule has 0 aromatic carbocycles. The molecule has 1 atom stereocenters. The van der Waals surface area contributed by atoms with Crippen LogP contribution in [0.15, 0.2) is 11.3 Å². The van der Waals surface area contributed by atoms with Crippen LogP contribution >= 0.6 is 24.0 Å². The molecule has 1 aliphatic heterocycles. The van der Waals surface area contributed by atoms with Crippen LogP contribution in [0.4, 0.5) is 0 Å². The zero-order valence-electron chi connectivity index (χ0n) is 18.0. The van der Waals surface area contributed by atoms with Crippen LogP contribution < -0.4 is 10.6 Å². The van der Waals surface area contributed by atoms with E-state index in [2.05, 4.69) is 51.1 Å². The summed E-state index contributed by atoms with van der Waals surface area (Å²) < 4.78 is 2.10. The summed E-state index contributed by atoms with van der Waals surface area (Å²) in [6.45, 7) is 12.7. The van der Waals surface area contributed by atoms with Gasteiger partial charge in [-0.1, -0.05) is 26.7 Å². The molecule has 7 nitrogen and oxygen atoms in total. The van der Waals surface area contributed by atoms with Crippen molar-refractivity contribution < 1.29 is 0 Å². The molecule has 8 heteroatoms. The van der Waals surface area contributed by atoms with Crippen molar-refractivity contribution in [2.75, 3.05) is 32.7 Å². The number of guanidine groups is 1. The van der Waals surface area contributed by atoms with Crippen LogP contribution in [0, 0.1) is 0 Å². The average Bonchev–Trinajstić information content (AvgIpc) is 2.97. The smallest absolute Gasteiger partial charge is 0.191 e. The summed E-state index contributed by atoms with van der Waals surface area (Å²) in [6.07, 6.45) is 10.4. The first-order valence-electron chi connectivity index (χ1n) is 10.9. The fourth-order valence-electron chi connectivity index (χ4n) is 3.37. The van der Waals surface area contributed by atoms with Gasteiger partial charge in [0, 0.05) is 32.1 Å². The summed E-state index contributed by atoms with van der Waals surface area (Å²) in [7, 11) is 0. The first-order chi connectivity index (χ1) is 13.2. The molecule has 0 spiro atoms. The Morgan fingerprint density at radius 3 is 2.61 bits per heavy atom. The second-order valence-electron chi connectivity index (χ2n) is 7.51. The standard InChI is InChI=1S/C20H39N7.HI/c1-4-18(3)24-20(22-12-16-27-17-23-25-19(27)5-2)21-11-10-15-26-13-8-6-7-9-14-26;/h17-18H,4-16H2,1-3H3,(H2,21,22,24);1H. The number of halogens is 1. The summed E-state index contributed by atoms with van der Waals surface area (Å²) in [5, 5.41) is 15.1. The van der Waals surface area contributed by atoms with Gasteiger partial charge in [0.05, 0.1) is 0 Å². The van der Waals surface area contributed by atoms with Crippen LogP contribution in [-0.2, 0) is 13.0 Å². The Labute approximate surface area is 188 Å². The summed E-state index contributed by atoms with van der Waals surface area (Å²) in [5.74, 6) is 1.95. The van der Waals surface area contributed by atoms with E-state index in [1.54, 1.807) is 6.33 Å². The lowest BCUT2D eigenvalue weighted by molar-refractivity contribution is 0.283. The number of likely N-dealkylation sites (tertiary alicyclic amines) is 1. The number of rotatable bonds is 10. The van der Waals surface area contributed by atoms with Gasteiger partial charge in [-0.3, -0.25) is 4.99 Å². The van der Waals surface area contributed by atoms with E-state index in [0.717, 1.165) is 50.7 Å². The number of aromatic nitrogens is 3. The summed E-state index contributed by atoms with van der Waals surface area (Å²) in [4.78, 5) is 7.42. The number of aliphatic imine (C=N–C) groups is 1. The minimum atomic E-state index is 0. The molecule has 162 valence electrons. The van der Waals surface area contributed by atoms with Crippen molar-refractivity contribution in [2.24, 2.45) is 4.99 Å². The number of aryl methyl sites for hydroxylation is 1. The fourth-order valence-corrected chi connectivity index (χ4v) is 3.37. The Bertz CT molecular complexity index is 538. The highest BCUT2D eigenvalue weighted by atomic mass is 127. The van der Waals surface area contributed by atoms with E-state index in [0.29, 0.717) is 6.04 Å². The molecule has 28 heavy (non-hydrogen) atoms. The number of nitrogens with one attached hydrogen (secondary N) is 2. The first-order valence-corrected chi connectivity index (χ1v) is 10.9. The Hall–Kier alpha value is -0.900.